The maximum absolute atomic E-state index is 12.2. The van der Waals surface area contributed by atoms with Gasteiger partial charge < -0.3 is 10.2 Å². The largest absolute Gasteiger partial charge is 0.341 e. The van der Waals surface area contributed by atoms with E-state index >= 15 is 0 Å². The second kappa shape index (κ2) is 6.87. The lowest BCUT2D eigenvalue weighted by molar-refractivity contribution is -0.385. The number of carbonyl (C=O) groups excluding carboxylic acids is 1. The number of carbonyl (C=O) groups is 1. The molecule has 2 rings (SSSR count). The third-order valence-corrected chi connectivity index (χ3v) is 3.86. The lowest BCUT2D eigenvalue weighted by atomic mass is 10.1. The van der Waals surface area contributed by atoms with E-state index in [0.717, 1.165) is 25.9 Å². The van der Waals surface area contributed by atoms with Crippen LogP contribution in [-0.2, 0) is 11.3 Å². The van der Waals surface area contributed by atoms with Gasteiger partial charge in [-0.05, 0) is 31.9 Å². The monoisotopic (exact) mass is 311 g/mol. The Balaban J connectivity index is 2.00. The first kappa shape index (κ1) is 15.7. The van der Waals surface area contributed by atoms with E-state index in [4.69, 9.17) is 11.6 Å². The highest BCUT2D eigenvalue weighted by Crippen LogP contribution is 2.22. The highest BCUT2D eigenvalue weighted by Gasteiger charge is 2.23. The molecule has 0 spiro atoms. The molecule has 6 nitrogen and oxygen atoms in total. The van der Waals surface area contributed by atoms with Gasteiger partial charge in [-0.15, -0.1) is 0 Å². The Morgan fingerprint density at radius 1 is 1.48 bits per heavy atom. The average molecular weight is 312 g/mol. The molecule has 0 radical (unpaired) electrons. The van der Waals surface area contributed by atoms with Crippen LogP contribution in [0.2, 0.25) is 5.02 Å². The van der Waals surface area contributed by atoms with E-state index < -0.39 is 4.92 Å². The smallest absolute Gasteiger partial charge is 0.273 e. The van der Waals surface area contributed by atoms with Crippen molar-refractivity contribution in [2.24, 2.45) is 0 Å². The Labute approximate surface area is 128 Å². The number of rotatable bonds is 5. The molecule has 0 saturated carbocycles. The molecule has 1 unspecified atom stereocenters. The van der Waals surface area contributed by atoms with Gasteiger partial charge in [-0.3, -0.25) is 14.9 Å². The lowest BCUT2D eigenvalue weighted by Gasteiger charge is -2.21. The molecule has 0 aliphatic carbocycles. The first-order valence-corrected chi connectivity index (χ1v) is 7.32. The van der Waals surface area contributed by atoms with Crippen molar-refractivity contribution in [3.05, 3.63) is 38.9 Å². The van der Waals surface area contributed by atoms with Gasteiger partial charge in [0.1, 0.15) is 0 Å². The Morgan fingerprint density at radius 3 is 2.76 bits per heavy atom. The second-order valence-electron chi connectivity index (χ2n) is 5.17. The van der Waals surface area contributed by atoms with Crippen LogP contribution in [-0.4, -0.2) is 34.9 Å². The predicted octanol–water partition coefficient (Wildman–Crippen LogP) is 2.35. The molecule has 1 aromatic rings. The summed E-state index contributed by atoms with van der Waals surface area (Å²) in [5.74, 6) is 0.0391. The molecule has 0 bridgehead atoms. The van der Waals surface area contributed by atoms with Crippen molar-refractivity contribution in [2.75, 3.05) is 13.1 Å². The Bertz CT molecular complexity index is 544. The number of nitrogens with one attached hydrogen (secondary N) is 1. The van der Waals surface area contributed by atoms with E-state index in [2.05, 4.69) is 5.32 Å². The van der Waals surface area contributed by atoms with Crippen LogP contribution in [0, 0.1) is 10.1 Å². The van der Waals surface area contributed by atoms with Crippen molar-refractivity contribution in [1.29, 1.82) is 0 Å². The topological polar surface area (TPSA) is 75.5 Å². The molecule has 1 aromatic carbocycles. The Hall–Kier alpha value is -1.66. The summed E-state index contributed by atoms with van der Waals surface area (Å²) >= 11 is 5.88. The van der Waals surface area contributed by atoms with Gasteiger partial charge in [0.2, 0.25) is 5.91 Å². The van der Waals surface area contributed by atoms with E-state index in [0.29, 0.717) is 10.6 Å². The standard InChI is InChI=1S/C14H18ClN3O3/c1-10(14(19)17-6-2-3-7-17)16-9-11-8-12(15)4-5-13(11)18(20)21/h4-5,8,10,16H,2-3,6-7,9H2,1H3. The molecule has 1 heterocycles. The number of amides is 1. The van der Waals surface area contributed by atoms with Crippen molar-refractivity contribution >= 4 is 23.2 Å². The van der Waals surface area contributed by atoms with E-state index in [-0.39, 0.29) is 24.2 Å². The van der Waals surface area contributed by atoms with Crippen molar-refractivity contribution in [2.45, 2.75) is 32.4 Å². The highest BCUT2D eigenvalue weighted by molar-refractivity contribution is 6.30. The van der Waals surface area contributed by atoms with Crippen molar-refractivity contribution in [1.82, 2.24) is 10.2 Å². The number of benzene rings is 1. The Morgan fingerprint density at radius 2 is 2.14 bits per heavy atom. The van der Waals surface area contributed by atoms with Gasteiger partial charge in [-0.2, -0.15) is 0 Å². The summed E-state index contributed by atoms with van der Waals surface area (Å²) < 4.78 is 0. The summed E-state index contributed by atoms with van der Waals surface area (Å²) in [6, 6.07) is 4.05. The molecule has 1 atom stereocenters. The fraction of sp³-hybridized carbons (Fsp3) is 0.500. The highest BCUT2D eigenvalue weighted by atomic mass is 35.5. The summed E-state index contributed by atoms with van der Waals surface area (Å²) in [5.41, 5.74) is 0.487. The zero-order valence-corrected chi connectivity index (χ0v) is 12.6. The summed E-state index contributed by atoms with van der Waals surface area (Å²) in [4.78, 5) is 24.5. The molecule has 1 N–H and O–H groups in total. The summed E-state index contributed by atoms with van der Waals surface area (Å²) in [6.45, 7) is 3.60. The zero-order chi connectivity index (χ0) is 15.4. The Kier molecular flexibility index (Phi) is 5.14. The van der Waals surface area contributed by atoms with Crippen LogP contribution in [0.25, 0.3) is 0 Å². The quantitative estimate of drug-likeness (QED) is 0.669. The molecule has 1 saturated heterocycles. The maximum Gasteiger partial charge on any atom is 0.273 e. The molecule has 1 aliphatic rings. The zero-order valence-electron chi connectivity index (χ0n) is 11.8. The number of likely N-dealkylation sites (tertiary alicyclic amines) is 1. The second-order valence-corrected chi connectivity index (χ2v) is 5.60. The van der Waals surface area contributed by atoms with Gasteiger partial charge in [-0.25, -0.2) is 0 Å². The minimum Gasteiger partial charge on any atom is -0.341 e. The number of hydrogen-bond acceptors (Lipinski definition) is 4. The summed E-state index contributed by atoms with van der Waals surface area (Å²) in [7, 11) is 0. The van der Waals surface area contributed by atoms with Gasteiger partial charge in [0.15, 0.2) is 0 Å². The van der Waals surface area contributed by atoms with E-state index in [1.807, 2.05) is 4.90 Å². The van der Waals surface area contributed by atoms with E-state index in [9.17, 15) is 14.9 Å². The van der Waals surface area contributed by atoms with Crippen LogP contribution in [0.4, 0.5) is 5.69 Å². The number of nitro benzene ring substituents is 1. The molecule has 1 fully saturated rings. The van der Waals surface area contributed by atoms with Crippen LogP contribution in [0.1, 0.15) is 25.3 Å². The molecule has 114 valence electrons. The van der Waals surface area contributed by atoms with Crippen LogP contribution in [0.15, 0.2) is 18.2 Å². The minimum atomic E-state index is -0.444. The SMILES string of the molecule is CC(NCc1cc(Cl)ccc1[N+](=O)[O-])C(=O)N1CCCC1. The molecule has 7 heteroatoms. The number of halogens is 1. The summed E-state index contributed by atoms with van der Waals surface area (Å²) in [6.07, 6.45) is 2.08. The fourth-order valence-electron chi connectivity index (χ4n) is 2.44. The van der Waals surface area contributed by atoms with E-state index in [1.165, 1.54) is 12.1 Å². The first-order valence-electron chi connectivity index (χ1n) is 6.94. The molecule has 1 amide bonds. The van der Waals surface area contributed by atoms with Crippen molar-refractivity contribution in [3.8, 4) is 0 Å². The molecule has 1 aliphatic heterocycles. The average Bonchev–Trinajstić information content (AvgIpc) is 2.97. The third-order valence-electron chi connectivity index (χ3n) is 3.63. The molecular weight excluding hydrogens is 294 g/mol. The molecular formula is C14H18ClN3O3. The number of nitrogens with zero attached hydrogens (tertiary/aromatic N) is 2. The van der Waals surface area contributed by atoms with Gasteiger partial charge in [0.25, 0.3) is 5.69 Å². The molecule has 21 heavy (non-hydrogen) atoms. The van der Waals surface area contributed by atoms with Crippen LogP contribution in [0.3, 0.4) is 0 Å². The number of nitro groups is 1. The van der Waals surface area contributed by atoms with Gasteiger partial charge >= 0.3 is 0 Å². The van der Waals surface area contributed by atoms with Gasteiger partial charge in [-0.1, -0.05) is 11.6 Å². The van der Waals surface area contributed by atoms with Crippen LogP contribution >= 0.6 is 11.6 Å². The van der Waals surface area contributed by atoms with Gasteiger partial charge in [0, 0.05) is 36.3 Å². The molecule has 0 aromatic heterocycles. The fourth-order valence-corrected chi connectivity index (χ4v) is 2.63. The predicted molar refractivity (Wildman–Crippen MR) is 80.2 cm³/mol. The van der Waals surface area contributed by atoms with Crippen molar-refractivity contribution < 1.29 is 9.72 Å². The van der Waals surface area contributed by atoms with Crippen LogP contribution < -0.4 is 5.32 Å². The normalized spacial score (nSPS) is 16.0. The van der Waals surface area contributed by atoms with Crippen LogP contribution in [0.5, 0.6) is 0 Å². The van der Waals surface area contributed by atoms with Crippen molar-refractivity contribution in [3.63, 3.8) is 0 Å². The maximum atomic E-state index is 12.2. The van der Waals surface area contributed by atoms with Gasteiger partial charge in [0.05, 0.1) is 11.0 Å². The number of hydrogen-bond donors (Lipinski definition) is 1. The summed E-state index contributed by atoms with van der Waals surface area (Å²) in [5, 5.41) is 14.5. The third kappa shape index (κ3) is 3.92. The lowest BCUT2D eigenvalue weighted by Crippen LogP contribution is -2.43. The first-order chi connectivity index (χ1) is 9.99. The minimum absolute atomic E-state index is 0.00715. The van der Waals surface area contributed by atoms with E-state index in [1.54, 1.807) is 13.0 Å².